The van der Waals surface area contributed by atoms with Crippen molar-refractivity contribution in [1.29, 1.82) is 0 Å². The fourth-order valence-electron chi connectivity index (χ4n) is 3.14. The van der Waals surface area contributed by atoms with Gasteiger partial charge in [0.1, 0.15) is 12.2 Å². The first-order valence-electron chi connectivity index (χ1n) is 9.62. The molecule has 0 atom stereocenters. The minimum absolute atomic E-state index is 0. The van der Waals surface area contributed by atoms with Crippen molar-refractivity contribution < 1.29 is 18.0 Å². The molecule has 4 aromatic rings. The van der Waals surface area contributed by atoms with Gasteiger partial charge in [0.15, 0.2) is 0 Å². The van der Waals surface area contributed by atoms with Gasteiger partial charge in [-0.1, -0.05) is 18.2 Å². The first kappa shape index (κ1) is 23.9. The van der Waals surface area contributed by atoms with E-state index in [2.05, 4.69) is 15.3 Å². The lowest BCUT2D eigenvalue weighted by Crippen LogP contribution is -2.36. The second-order valence-corrected chi connectivity index (χ2v) is 7.10. The van der Waals surface area contributed by atoms with Crippen LogP contribution in [0.1, 0.15) is 11.3 Å². The molecule has 7 nitrogen and oxygen atoms in total. The number of benzene rings is 1. The number of hydrogen-bond acceptors (Lipinski definition) is 3. The van der Waals surface area contributed by atoms with Crippen LogP contribution in [-0.4, -0.2) is 37.7 Å². The lowest BCUT2D eigenvalue weighted by Gasteiger charge is -2.10. The van der Waals surface area contributed by atoms with E-state index < -0.39 is 18.8 Å². The Bertz CT molecular complexity index is 1290. The third-order valence-electron chi connectivity index (χ3n) is 4.70. The Morgan fingerprint density at radius 2 is 1.97 bits per heavy atom. The minimum atomic E-state index is -4.47. The maximum atomic E-state index is 12.3. The number of carbonyl (C=O) groups excluding carboxylic acids is 1. The fraction of sp³-hybridized carbons (Fsp3) is 0.136. The van der Waals surface area contributed by atoms with Gasteiger partial charge in [-0.05, 0) is 35.9 Å². The largest absolute Gasteiger partial charge is 0.405 e. The summed E-state index contributed by atoms with van der Waals surface area (Å²) >= 11 is 0. The van der Waals surface area contributed by atoms with E-state index in [1.54, 1.807) is 42.2 Å². The van der Waals surface area contributed by atoms with Gasteiger partial charge in [-0.3, -0.25) is 4.40 Å². The highest BCUT2D eigenvalue weighted by Gasteiger charge is 2.27. The standard InChI is InChI=1S/C22H19F3N6O.ClH/c1-30-14-26-11-18(30)6-5-15-7-8-31-19(12-27-20(31)9-15)16-3-2-4-17(10-16)29-21(32)28-13-22(23,24)25;/h2-12,14H,13H2,1H3,(H2,28,29,32);1H. The molecule has 0 radical (unpaired) electrons. The molecule has 0 bridgehead atoms. The quantitative estimate of drug-likeness (QED) is 0.425. The molecule has 2 amide bonds. The number of fused-ring (bicyclic) bond motifs is 1. The molecule has 0 spiro atoms. The SMILES string of the molecule is Cl.Cn1cncc1C=Cc1ccn2c(-c3cccc(NC(=O)NCC(F)(F)F)c3)cnc2c1. The Hall–Kier alpha value is -3.79. The lowest BCUT2D eigenvalue weighted by molar-refractivity contribution is -0.122. The van der Waals surface area contributed by atoms with Crippen LogP contribution >= 0.6 is 12.4 Å². The molecular formula is C22H20ClF3N6O. The van der Waals surface area contributed by atoms with Crippen molar-refractivity contribution in [2.75, 3.05) is 11.9 Å². The van der Waals surface area contributed by atoms with Crippen LogP contribution in [0, 0.1) is 0 Å². The summed E-state index contributed by atoms with van der Waals surface area (Å²) in [6.45, 7) is -1.40. The van der Waals surface area contributed by atoms with Gasteiger partial charge in [-0.25, -0.2) is 14.8 Å². The Balaban J connectivity index is 0.00000306. The summed E-state index contributed by atoms with van der Waals surface area (Å²) in [6.07, 6.45) is 6.54. The monoisotopic (exact) mass is 476 g/mol. The molecule has 3 aromatic heterocycles. The van der Waals surface area contributed by atoms with Crippen molar-refractivity contribution in [3.63, 3.8) is 0 Å². The van der Waals surface area contributed by atoms with Crippen molar-refractivity contribution in [2.45, 2.75) is 6.18 Å². The van der Waals surface area contributed by atoms with E-state index in [0.717, 1.165) is 28.2 Å². The highest BCUT2D eigenvalue weighted by atomic mass is 35.5. The second-order valence-electron chi connectivity index (χ2n) is 7.10. The number of carbonyl (C=O) groups is 1. The molecule has 2 N–H and O–H groups in total. The number of alkyl halides is 3. The predicted octanol–water partition coefficient (Wildman–Crippen LogP) is 5.01. The van der Waals surface area contributed by atoms with Gasteiger partial charge >= 0.3 is 12.2 Å². The van der Waals surface area contributed by atoms with E-state index in [1.165, 1.54) is 0 Å². The number of urea groups is 1. The van der Waals surface area contributed by atoms with Gasteiger partial charge in [0.25, 0.3) is 0 Å². The normalized spacial score (nSPS) is 11.5. The van der Waals surface area contributed by atoms with Crippen LogP contribution < -0.4 is 10.6 Å². The number of halogens is 4. The molecule has 0 saturated carbocycles. The van der Waals surface area contributed by atoms with Crippen LogP contribution in [-0.2, 0) is 7.05 Å². The Labute approximate surface area is 193 Å². The highest BCUT2D eigenvalue weighted by molar-refractivity contribution is 5.90. The van der Waals surface area contributed by atoms with Crippen molar-refractivity contribution >= 4 is 41.9 Å². The number of pyridine rings is 1. The highest BCUT2D eigenvalue weighted by Crippen LogP contribution is 2.24. The molecule has 0 unspecified atom stereocenters. The Morgan fingerprint density at radius 3 is 2.70 bits per heavy atom. The molecule has 0 aliphatic heterocycles. The topological polar surface area (TPSA) is 76.2 Å². The summed E-state index contributed by atoms with van der Waals surface area (Å²) in [5.74, 6) is 0. The molecule has 0 aliphatic rings. The number of hydrogen-bond donors (Lipinski definition) is 2. The molecule has 0 fully saturated rings. The van der Waals surface area contributed by atoms with Gasteiger partial charge in [0, 0.05) is 24.5 Å². The number of aromatic nitrogens is 4. The van der Waals surface area contributed by atoms with Gasteiger partial charge in [0.2, 0.25) is 0 Å². The first-order chi connectivity index (χ1) is 15.3. The average Bonchev–Trinajstić information content (AvgIpc) is 3.36. The van der Waals surface area contributed by atoms with Gasteiger partial charge in [0.05, 0.1) is 30.1 Å². The van der Waals surface area contributed by atoms with Gasteiger partial charge in [-0.15, -0.1) is 12.4 Å². The molecule has 0 aliphatic carbocycles. The van der Waals surface area contributed by atoms with Crippen LogP contribution in [0.5, 0.6) is 0 Å². The van der Waals surface area contributed by atoms with E-state index in [0.29, 0.717) is 5.69 Å². The van der Waals surface area contributed by atoms with Crippen LogP contribution in [0.4, 0.5) is 23.7 Å². The number of amides is 2. The summed E-state index contributed by atoms with van der Waals surface area (Å²) in [7, 11) is 1.92. The Kier molecular flexibility index (Phi) is 7.07. The molecule has 11 heteroatoms. The average molecular weight is 477 g/mol. The van der Waals surface area contributed by atoms with Crippen molar-refractivity contribution in [3.8, 4) is 11.3 Å². The molecule has 1 aromatic carbocycles. The van der Waals surface area contributed by atoms with Crippen LogP contribution in [0.3, 0.4) is 0 Å². The summed E-state index contributed by atoms with van der Waals surface area (Å²) < 4.78 is 40.6. The van der Waals surface area contributed by atoms with Crippen LogP contribution in [0.2, 0.25) is 0 Å². The van der Waals surface area contributed by atoms with E-state index in [4.69, 9.17) is 0 Å². The van der Waals surface area contributed by atoms with E-state index in [9.17, 15) is 18.0 Å². The number of aryl methyl sites for hydroxylation is 1. The lowest BCUT2D eigenvalue weighted by atomic mass is 10.1. The van der Waals surface area contributed by atoms with E-state index in [-0.39, 0.29) is 12.4 Å². The smallest absolute Gasteiger partial charge is 0.334 e. The molecule has 4 rings (SSSR count). The molecule has 172 valence electrons. The fourth-order valence-corrected chi connectivity index (χ4v) is 3.14. The van der Waals surface area contributed by atoms with Crippen molar-refractivity contribution in [3.05, 3.63) is 72.6 Å². The minimum Gasteiger partial charge on any atom is -0.334 e. The second kappa shape index (κ2) is 9.78. The van der Waals surface area contributed by atoms with Crippen molar-refractivity contribution in [1.82, 2.24) is 24.3 Å². The molecule has 0 saturated heterocycles. The zero-order valence-corrected chi connectivity index (χ0v) is 18.2. The van der Waals surface area contributed by atoms with Gasteiger partial charge < -0.3 is 15.2 Å². The number of imidazole rings is 2. The Morgan fingerprint density at radius 1 is 1.15 bits per heavy atom. The van der Waals surface area contributed by atoms with E-state index >= 15 is 0 Å². The van der Waals surface area contributed by atoms with Crippen molar-refractivity contribution in [2.24, 2.45) is 7.05 Å². The third kappa shape index (κ3) is 5.92. The number of nitrogens with zero attached hydrogens (tertiary/aromatic N) is 4. The third-order valence-corrected chi connectivity index (χ3v) is 4.70. The molecule has 3 heterocycles. The summed E-state index contributed by atoms with van der Waals surface area (Å²) in [4.78, 5) is 20.3. The zero-order chi connectivity index (χ0) is 22.7. The maximum absolute atomic E-state index is 12.3. The maximum Gasteiger partial charge on any atom is 0.405 e. The number of nitrogens with one attached hydrogen (secondary N) is 2. The number of anilines is 1. The summed E-state index contributed by atoms with van der Waals surface area (Å²) in [5, 5.41) is 4.19. The summed E-state index contributed by atoms with van der Waals surface area (Å²) in [5.41, 5.74) is 4.57. The number of rotatable bonds is 5. The van der Waals surface area contributed by atoms with Crippen LogP contribution in [0.25, 0.3) is 29.1 Å². The zero-order valence-electron chi connectivity index (χ0n) is 17.4. The van der Waals surface area contributed by atoms with E-state index in [1.807, 2.05) is 52.6 Å². The molecule has 33 heavy (non-hydrogen) atoms. The summed E-state index contributed by atoms with van der Waals surface area (Å²) in [6, 6.07) is 9.76. The first-order valence-corrected chi connectivity index (χ1v) is 9.62. The van der Waals surface area contributed by atoms with Gasteiger partial charge in [-0.2, -0.15) is 13.2 Å². The predicted molar refractivity (Wildman–Crippen MR) is 123 cm³/mol. The molecular weight excluding hydrogens is 457 g/mol. The van der Waals surface area contributed by atoms with Crippen LogP contribution in [0.15, 0.2) is 61.3 Å².